The second-order valence-corrected chi connectivity index (χ2v) is 9.32. The van der Waals surface area contributed by atoms with E-state index in [1.54, 1.807) is 47.6 Å². The zero-order valence-electron chi connectivity index (χ0n) is 14.8. The molecule has 25 heavy (non-hydrogen) atoms. The minimum atomic E-state index is -6.37. The molecule has 0 aliphatic heterocycles. The molecule has 1 aromatic rings. The minimum absolute atomic E-state index is 0.500. The second kappa shape index (κ2) is 6.12. The van der Waals surface area contributed by atoms with Gasteiger partial charge in [-0.25, -0.2) is 0 Å². The molecule has 0 spiro atoms. The predicted octanol–water partition coefficient (Wildman–Crippen LogP) is 4.73. The van der Waals surface area contributed by atoms with E-state index in [4.69, 9.17) is 4.55 Å². The summed E-state index contributed by atoms with van der Waals surface area (Å²) < 4.78 is 87.8. The summed E-state index contributed by atoms with van der Waals surface area (Å²) in [5.41, 5.74) is 0.0854. The van der Waals surface area contributed by atoms with Crippen LogP contribution in [-0.2, 0) is 20.9 Å². The maximum atomic E-state index is 13.7. The number of rotatable bonds is 4. The van der Waals surface area contributed by atoms with Gasteiger partial charge in [-0.1, -0.05) is 47.6 Å². The van der Waals surface area contributed by atoms with Gasteiger partial charge in [-0.3, -0.25) is 4.55 Å². The highest BCUT2D eigenvalue weighted by Crippen LogP contribution is 2.41. The van der Waals surface area contributed by atoms with Crippen LogP contribution in [0.4, 0.5) is 17.6 Å². The number of halogens is 4. The van der Waals surface area contributed by atoms with Crippen LogP contribution in [0.2, 0.25) is 0 Å². The third-order valence-electron chi connectivity index (χ3n) is 3.55. The van der Waals surface area contributed by atoms with Gasteiger partial charge in [-0.05, 0) is 34.1 Å². The average Bonchev–Trinajstić information content (AvgIpc) is 2.34. The summed E-state index contributed by atoms with van der Waals surface area (Å²) in [7, 11) is -6.37. The van der Waals surface area contributed by atoms with Gasteiger partial charge in [0.25, 0.3) is 0 Å². The van der Waals surface area contributed by atoms with Crippen molar-refractivity contribution >= 4 is 10.1 Å². The molecule has 0 aromatic heterocycles. The van der Waals surface area contributed by atoms with Crippen molar-refractivity contribution < 1.29 is 35.3 Å². The zero-order chi connectivity index (χ0) is 20.1. The third-order valence-corrected chi connectivity index (χ3v) is 4.43. The maximum absolute atomic E-state index is 13.7. The molecule has 9 heteroatoms. The van der Waals surface area contributed by atoms with Crippen LogP contribution in [0.1, 0.15) is 52.7 Å². The Morgan fingerprint density at radius 1 is 0.840 bits per heavy atom. The molecule has 0 radical (unpaired) electrons. The summed E-state index contributed by atoms with van der Waals surface area (Å²) in [6, 6.07) is 4.03. The molecule has 1 aromatic carbocycles. The number of ether oxygens (including phenoxy) is 1. The second-order valence-electron chi connectivity index (χ2n) is 7.86. The summed E-state index contributed by atoms with van der Waals surface area (Å²) in [4.78, 5) is 0. The van der Waals surface area contributed by atoms with E-state index in [1.807, 2.05) is 0 Å². The molecule has 0 atom stereocenters. The Labute approximate surface area is 144 Å². The van der Waals surface area contributed by atoms with Gasteiger partial charge in [-0.15, -0.1) is 0 Å². The lowest BCUT2D eigenvalue weighted by molar-refractivity contribution is -0.274. The lowest BCUT2D eigenvalue weighted by Gasteiger charge is -2.28. The highest BCUT2D eigenvalue weighted by atomic mass is 32.2. The molecule has 1 rings (SSSR count). The number of hydrogen-bond acceptors (Lipinski definition) is 3. The Balaban J connectivity index is 3.48. The summed E-state index contributed by atoms with van der Waals surface area (Å²) in [5, 5.41) is -5.79. The molecule has 0 aliphatic carbocycles. The lowest BCUT2D eigenvalue weighted by atomic mass is 9.80. The molecule has 0 aliphatic rings. The molecule has 0 unspecified atom stereocenters. The van der Waals surface area contributed by atoms with Gasteiger partial charge in [-0.2, -0.15) is 26.0 Å². The number of benzene rings is 1. The van der Waals surface area contributed by atoms with Crippen LogP contribution in [-0.4, -0.2) is 24.3 Å². The van der Waals surface area contributed by atoms with Crippen molar-refractivity contribution in [2.45, 2.75) is 63.7 Å². The Bertz CT molecular complexity index is 712. The van der Waals surface area contributed by atoms with Crippen molar-refractivity contribution in [3.63, 3.8) is 0 Å². The fourth-order valence-electron chi connectivity index (χ4n) is 1.88. The van der Waals surface area contributed by atoms with Crippen molar-refractivity contribution in [3.05, 3.63) is 29.3 Å². The first kappa shape index (κ1) is 21.7. The molecule has 0 saturated heterocycles. The molecule has 144 valence electrons. The molecule has 0 amide bonds. The van der Waals surface area contributed by atoms with Crippen molar-refractivity contribution in [1.82, 2.24) is 0 Å². The van der Waals surface area contributed by atoms with Crippen LogP contribution in [0.15, 0.2) is 18.2 Å². The van der Waals surface area contributed by atoms with Gasteiger partial charge in [0.2, 0.25) is 0 Å². The van der Waals surface area contributed by atoms with E-state index < -0.39 is 38.1 Å². The number of hydrogen-bond donors (Lipinski definition) is 1. The number of alkyl halides is 4. The van der Waals surface area contributed by atoms with Gasteiger partial charge in [0, 0.05) is 0 Å². The molecule has 0 bridgehead atoms. The first-order chi connectivity index (χ1) is 10.8. The summed E-state index contributed by atoms with van der Waals surface area (Å²) in [6.07, 6.45) is -5.45. The Kier molecular flexibility index (Phi) is 5.31. The van der Waals surface area contributed by atoms with Crippen LogP contribution in [0, 0.1) is 0 Å². The van der Waals surface area contributed by atoms with E-state index in [9.17, 15) is 26.0 Å². The van der Waals surface area contributed by atoms with Crippen LogP contribution in [0.3, 0.4) is 0 Å². The quantitative estimate of drug-likeness (QED) is 0.600. The molecule has 1 N–H and O–H groups in total. The normalized spacial score (nSPS) is 14.5. The highest BCUT2D eigenvalue weighted by molar-refractivity contribution is 7.86. The van der Waals surface area contributed by atoms with Gasteiger partial charge >= 0.3 is 21.5 Å². The maximum Gasteiger partial charge on any atom is 0.483 e. The standard InChI is InChI=1S/C16H22F4O4S/c1-13(2,3)10-7-11(14(4,5)6)9-12(8-10)24-15(17,18)16(19,20)25(21,22)23/h7-9H,1-6H3,(H,21,22,23). The van der Waals surface area contributed by atoms with Crippen LogP contribution in [0.25, 0.3) is 0 Å². The Morgan fingerprint density at radius 2 is 1.20 bits per heavy atom. The third kappa shape index (κ3) is 4.63. The van der Waals surface area contributed by atoms with E-state index in [0.717, 1.165) is 12.1 Å². The predicted molar refractivity (Wildman–Crippen MR) is 85.9 cm³/mol. The summed E-state index contributed by atoms with van der Waals surface area (Å²) in [5.74, 6) is -0.620. The minimum Gasteiger partial charge on any atom is -0.427 e. The van der Waals surface area contributed by atoms with Gasteiger partial charge in [0.15, 0.2) is 0 Å². The van der Waals surface area contributed by atoms with Gasteiger partial charge in [0.1, 0.15) is 5.75 Å². The fraction of sp³-hybridized carbons (Fsp3) is 0.625. The van der Waals surface area contributed by atoms with E-state index in [1.165, 1.54) is 0 Å². The largest absolute Gasteiger partial charge is 0.483 e. The Morgan fingerprint density at radius 3 is 1.48 bits per heavy atom. The Hall–Kier alpha value is -1.35. The first-order valence-electron chi connectivity index (χ1n) is 7.37. The monoisotopic (exact) mass is 386 g/mol. The van der Waals surface area contributed by atoms with E-state index in [0.29, 0.717) is 11.1 Å². The molecular weight excluding hydrogens is 364 g/mol. The average molecular weight is 386 g/mol. The van der Waals surface area contributed by atoms with Crippen molar-refractivity contribution in [1.29, 1.82) is 0 Å². The van der Waals surface area contributed by atoms with Crippen LogP contribution >= 0.6 is 0 Å². The van der Waals surface area contributed by atoms with Crippen LogP contribution in [0.5, 0.6) is 5.75 Å². The van der Waals surface area contributed by atoms with E-state index in [-0.39, 0.29) is 0 Å². The first-order valence-corrected chi connectivity index (χ1v) is 8.81. The van der Waals surface area contributed by atoms with E-state index >= 15 is 0 Å². The van der Waals surface area contributed by atoms with Gasteiger partial charge < -0.3 is 4.74 Å². The highest BCUT2D eigenvalue weighted by Gasteiger charge is 2.69. The molecule has 0 heterocycles. The lowest BCUT2D eigenvalue weighted by Crippen LogP contribution is -2.50. The van der Waals surface area contributed by atoms with Crippen molar-refractivity contribution in [3.8, 4) is 5.75 Å². The smallest absolute Gasteiger partial charge is 0.427 e. The molecule has 0 fully saturated rings. The molecule has 4 nitrogen and oxygen atoms in total. The van der Waals surface area contributed by atoms with Crippen molar-refractivity contribution in [2.75, 3.05) is 0 Å². The zero-order valence-corrected chi connectivity index (χ0v) is 15.6. The molecular formula is C16H22F4O4S. The molecule has 0 saturated carbocycles. The topological polar surface area (TPSA) is 63.6 Å². The fourth-order valence-corrected chi connectivity index (χ4v) is 2.22. The van der Waals surface area contributed by atoms with Crippen LogP contribution < -0.4 is 4.74 Å². The SMILES string of the molecule is CC(C)(C)c1cc(OC(F)(F)C(F)(F)S(=O)(=O)O)cc(C(C)(C)C)c1. The van der Waals surface area contributed by atoms with Crippen molar-refractivity contribution in [2.24, 2.45) is 0 Å². The summed E-state index contributed by atoms with van der Waals surface area (Å²) >= 11 is 0. The summed E-state index contributed by atoms with van der Waals surface area (Å²) in [6.45, 7) is 10.8. The van der Waals surface area contributed by atoms with Gasteiger partial charge in [0.05, 0.1) is 0 Å². The van der Waals surface area contributed by atoms with E-state index in [2.05, 4.69) is 4.74 Å².